The van der Waals surface area contributed by atoms with Crippen molar-refractivity contribution in [1.82, 2.24) is 14.3 Å². The molecule has 0 bridgehead atoms. The highest BCUT2D eigenvalue weighted by atomic mass is 35.5. The third kappa shape index (κ3) is 3.03. The molecule has 2 aromatic rings. The fourth-order valence-electron chi connectivity index (χ4n) is 2.67. The molecule has 4 nitrogen and oxygen atoms in total. The van der Waals surface area contributed by atoms with Crippen molar-refractivity contribution >= 4 is 29.7 Å². The number of nitrogens with zero attached hydrogens (tertiary/aromatic N) is 3. The van der Waals surface area contributed by atoms with Crippen molar-refractivity contribution in [2.24, 2.45) is 5.73 Å². The molecule has 1 saturated heterocycles. The number of pyridine rings is 1. The van der Waals surface area contributed by atoms with Crippen molar-refractivity contribution in [3.05, 3.63) is 35.2 Å². The summed E-state index contributed by atoms with van der Waals surface area (Å²) in [6.45, 7) is 2.73. The van der Waals surface area contributed by atoms with Gasteiger partial charge in [-0.2, -0.15) is 0 Å². The van der Waals surface area contributed by atoms with Gasteiger partial charge in [-0.3, -0.25) is 4.90 Å². The molecule has 0 aromatic carbocycles. The van der Waals surface area contributed by atoms with Gasteiger partial charge in [-0.25, -0.2) is 4.98 Å². The minimum absolute atomic E-state index is 0. The van der Waals surface area contributed by atoms with Crippen LogP contribution < -0.4 is 5.73 Å². The van der Waals surface area contributed by atoms with Crippen LogP contribution in [0, 0.1) is 0 Å². The zero-order valence-electron chi connectivity index (χ0n) is 10.6. The standard InChI is InChI=1S/C13H17ClN4.ClH/c14-10-3-4-13-16-11(9-18(13)7-10)8-17-5-1-2-12(17)6-15;/h3-4,7,9,12H,1-2,5-6,8,15H2;1H. The lowest BCUT2D eigenvalue weighted by molar-refractivity contribution is 0.248. The van der Waals surface area contributed by atoms with Gasteiger partial charge in [0, 0.05) is 31.5 Å². The molecule has 19 heavy (non-hydrogen) atoms. The number of hydrogen-bond acceptors (Lipinski definition) is 3. The minimum Gasteiger partial charge on any atom is -0.329 e. The van der Waals surface area contributed by atoms with E-state index in [1.54, 1.807) is 0 Å². The Morgan fingerprint density at radius 1 is 1.37 bits per heavy atom. The molecule has 1 fully saturated rings. The van der Waals surface area contributed by atoms with Crippen LogP contribution >= 0.6 is 24.0 Å². The summed E-state index contributed by atoms with van der Waals surface area (Å²) in [7, 11) is 0. The SMILES string of the molecule is Cl.NCC1CCCN1Cc1cn2cc(Cl)ccc2n1. The van der Waals surface area contributed by atoms with Crippen molar-refractivity contribution in [1.29, 1.82) is 0 Å². The predicted molar refractivity (Wildman–Crippen MR) is 79.9 cm³/mol. The minimum atomic E-state index is 0. The highest BCUT2D eigenvalue weighted by Gasteiger charge is 2.23. The zero-order valence-corrected chi connectivity index (χ0v) is 12.2. The summed E-state index contributed by atoms with van der Waals surface area (Å²) >= 11 is 5.97. The van der Waals surface area contributed by atoms with E-state index >= 15 is 0 Å². The molecule has 1 atom stereocenters. The van der Waals surface area contributed by atoms with Crippen LogP contribution in [-0.2, 0) is 6.54 Å². The van der Waals surface area contributed by atoms with Gasteiger partial charge in [-0.1, -0.05) is 11.6 Å². The van der Waals surface area contributed by atoms with E-state index in [0.29, 0.717) is 6.04 Å². The maximum atomic E-state index is 5.97. The maximum Gasteiger partial charge on any atom is 0.137 e. The van der Waals surface area contributed by atoms with E-state index in [-0.39, 0.29) is 12.4 Å². The number of fused-ring (bicyclic) bond motifs is 1. The van der Waals surface area contributed by atoms with Crippen LogP contribution in [0.25, 0.3) is 5.65 Å². The Balaban J connectivity index is 0.00000133. The van der Waals surface area contributed by atoms with Crippen LogP contribution in [-0.4, -0.2) is 33.4 Å². The van der Waals surface area contributed by atoms with Gasteiger partial charge in [0.05, 0.1) is 10.7 Å². The summed E-state index contributed by atoms with van der Waals surface area (Å²) in [6.07, 6.45) is 6.38. The lowest BCUT2D eigenvalue weighted by Crippen LogP contribution is -2.34. The zero-order chi connectivity index (χ0) is 12.5. The van der Waals surface area contributed by atoms with Gasteiger partial charge in [-0.05, 0) is 31.5 Å². The summed E-state index contributed by atoms with van der Waals surface area (Å²) in [4.78, 5) is 7.03. The van der Waals surface area contributed by atoms with Crippen molar-refractivity contribution in [3.63, 3.8) is 0 Å². The second-order valence-corrected chi connectivity index (χ2v) is 5.28. The highest BCUT2D eigenvalue weighted by Crippen LogP contribution is 2.19. The third-order valence-electron chi connectivity index (χ3n) is 3.60. The Morgan fingerprint density at radius 3 is 3.00 bits per heavy atom. The lowest BCUT2D eigenvalue weighted by atomic mass is 10.2. The third-order valence-corrected chi connectivity index (χ3v) is 3.82. The number of aromatic nitrogens is 2. The van der Waals surface area contributed by atoms with E-state index < -0.39 is 0 Å². The molecule has 1 unspecified atom stereocenters. The number of hydrogen-bond donors (Lipinski definition) is 1. The van der Waals surface area contributed by atoms with E-state index in [9.17, 15) is 0 Å². The van der Waals surface area contributed by atoms with Crippen LogP contribution in [0.1, 0.15) is 18.5 Å². The van der Waals surface area contributed by atoms with Gasteiger partial charge in [0.2, 0.25) is 0 Å². The molecule has 2 N–H and O–H groups in total. The molecule has 3 heterocycles. The van der Waals surface area contributed by atoms with Gasteiger partial charge < -0.3 is 10.1 Å². The molecule has 3 rings (SSSR count). The number of halogens is 2. The highest BCUT2D eigenvalue weighted by molar-refractivity contribution is 6.30. The summed E-state index contributed by atoms with van der Waals surface area (Å²) < 4.78 is 1.98. The second kappa shape index (κ2) is 6.09. The average Bonchev–Trinajstić information content (AvgIpc) is 2.94. The van der Waals surface area contributed by atoms with E-state index in [0.717, 1.165) is 36.0 Å². The Kier molecular flexibility index (Phi) is 4.68. The molecule has 0 aliphatic carbocycles. The smallest absolute Gasteiger partial charge is 0.137 e. The monoisotopic (exact) mass is 300 g/mol. The summed E-state index contributed by atoms with van der Waals surface area (Å²) in [5, 5.41) is 0.729. The molecule has 0 amide bonds. The molecule has 6 heteroatoms. The van der Waals surface area contributed by atoms with Gasteiger partial charge in [-0.15, -0.1) is 12.4 Å². The molecule has 1 aliphatic rings. The topological polar surface area (TPSA) is 46.6 Å². The van der Waals surface area contributed by atoms with Gasteiger partial charge in [0.15, 0.2) is 0 Å². The van der Waals surface area contributed by atoms with Gasteiger partial charge in [0.1, 0.15) is 5.65 Å². The molecule has 0 saturated carbocycles. The quantitative estimate of drug-likeness (QED) is 0.946. The number of imidazole rings is 1. The Labute approximate surface area is 124 Å². The number of nitrogens with two attached hydrogens (primary N) is 1. The molecule has 2 aromatic heterocycles. The first-order valence-corrected chi connectivity index (χ1v) is 6.71. The molecule has 104 valence electrons. The lowest BCUT2D eigenvalue weighted by Gasteiger charge is -2.21. The second-order valence-electron chi connectivity index (χ2n) is 4.85. The van der Waals surface area contributed by atoms with E-state index in [1.807, 2.05) is 28.9 Å². The summed E-state index contributed by atoms with van der Waals surface area (Å²) in [6, 6.07) is 4.32. The first-order valence-electron chi connectivity index (χ1n) is 6.33. The van der Waals surface area contributed by atoms with Crippen molar-refractivity contribution in [2.75, 3.05) is 13.1 Å². The fourth-order valence-corrected chi connectivity index (χ4v) is 2.84. The average molecular weight is 301 g/mol. The van der Waals surface area contributed by atoms with E-state index in [1.165, 1.54) is 12.8 Å². The van der Waals surface area contributed by atoms with Crippen LogP contribution in [0.15, 0.2) is 24.5 Å². The van der Waals surface area contributed by atoms with Crippen LogP contribution in [0.2, 0.25) is 5.02 Å². The molecular weight excluding hydrogens is 283 g/mol. The Hall–Kier alpha value is -0.810. The number of rotatable bonds is 3. The summed E-state index contributed by atoms with van der Waals surface area (Å²) in [5.41, 5.74) is 7.81. The number of likely N-dealkylation sites (tertiary alicyclic amines) is 1. The fraction of sp³-hybridized carbons (Fsp3) is 0.462. The van der Waals surface area contributed by atoms with E-state index in [4.69, 9.17) is 17.3 Å². The first-order chi connectivity index (χ1) is 8.76. The van der Waals surface area contributed by atoms with Crippen molar-refractivity contribution in [3.8, 4) is 0 Å². The Morgan fingerprint density at radius 2 is 2.21 bits per heavy atom. The van der Waals surface area contributed by atoms with Gasteiger partial charge in [0.25, 0.3) is 0 Å². The van der Waals surface area contributed by atoms with Crippen LogP contribution in [0.4, 0.5) is 0 Å². The van der Waals surface area contributed by atoms with Gasteiger partial charge >= 0.3 is 0 Å². The molecule has 0 radical (unpaired) electrons. The van der Waals surface area contributed by atoms with Crippen LogP contribution in [0.3, 0.4) is 0 Å². The largest absolute Gasteiger partial charge is 0.329 e. The molecule has 1 aliphatic heterocycles. The normalized spacial score (nSPS) is 19.8. The van der Waals surface area contributed by atoms with Crippen molar-refractivity contribution < 1.29 is 0 Å². The molecular formula is C13H18Cl2N4. The first kappa shape index (κ1) is 14.6. The van der Waals surface area contributed by atoms with Crippen LogP contribution in [0.5, 0.6) is 0 Å². The molecule has 0 spiro atoms. The van der Waals surface area contributed by atoms with Crippen molar-refractivity contribution in [2.45, 2.75) is 25.4 Å². The van der Waals surface area contributed by atoms with E-state index in [2.05, 4.69) is 9.88 Å². The summed E-state index contributed by atoms with van der Waals surface area (Å²) in [5.74, 6) is 0. The maximum absolute atomic E-state index is 5.97. The predicted octanol–water partition coefficient (Wildman–Crippen LogP) is 2.33. The Bertz CT molecular complexity index is 555.